The summed E-state index contributed by atoms with van der Waals surface area (Å²) in [5.41, 5.74) is 0. The molecule has 2 N–H and O–H groups in total. The zero-order valence-electron chi connectivity index (χ0n) is 6.03. The Balaban J connectivity index is 2.63. The van der Waals surface area contributed by atoms with Crippen molar-refractivity contribution in [1.29, 1.82) is 0 Å². The van der Waals surface area contributed by atoms with E-state index in [9.17, 15) is 5.11 Å². The van der Waals surface area contributed by atoms with Crippen LogP contribution in [0, 0.1) is 0 Å². The molecular formula is C6H9Cl3O3. The van der Waals surface area contributed by atoms with Crippen molar-refractivity contribution in [2.45, 2.75) is 29.3 Å². The van der Waals surface area contributed by atoms with E-state index >= 15 is 0 Å². The first-order valence-electron chi connectivity index (χ1n) is 3.43. The Bertz CT molecular complexity index is 152. The summed E-state index contributed by atoms with van der Waals surface area (Å²) in [4.78, 5) is 0. The highest BCUT2D eigenvalue weighted by Crippen LogP contribution is 2.28. The van der Waals surface area contributed by atoms with Crippen LogP contribution in [-0.4, -0.2) is 45.3 Å². The molecule has 72 valence electrons. The van der Waals surface area contributed by atoms with Gasteiger partial charge in [-0.1, -0.05) is 0 Å². The summed E-state index contributed by atoms with van der Waals surface area (Å²) in [7, 11) is 0. The van der Waals surface area contributed by atoms with Crippen LogP contribution >= 0.6 is 34.8 Å². The number of aliphatic hydroxyl groups is 2. The van der Waals surface area contributed by atoms with Gasteiger partial charge in [0.1, 0.15) is 6.10 Å². The van der Waals surface area contributed by atoms with E-state index in [1.54, 1.807) is 0 Å². The lowest BCUT2D eigenvalue weighted by atomic mass is 10.1. The van der Waals surface area contributed by atoms with Gasteiger partial charge in [-0.15, -0.1) is 34.8 Å². The molecule has 0 bridgehead atoms. The Morgan fingerprint density at radius 2 is 1.75 bits per heavy atom. The largest absolute Gasteiger partial charge is 0.386 e. The van der Waals surface area contributed by atoms with Crippen molar-refractivity contribution < 1.29 is 14.9 Å². The van der Waals surface area contributed by atoms with Gasteiger partial charge in [-0.05, 0) is 0 Å². The molecule has 1 fully saturated rings. The molecule has 5 atom stereocenters. The maximum Gasteiger partial charge on any atom is 0.182 e. The molecule has 0 aliphatic carbocycles. The molecule has 1 saturated heterocycles. The average molecular weight is 235 g/mol. The van der Waals surface area contributed by atoms with E-state index in [-0.39, 0.29) is 5.88 Å². The van der Waals surface area contributed by atoms with E-state index in [4.69, 9.17) is 44.6 Å². The standard InChI is InChI=1S/C6H9Cl3O3/c7-1-2-3(8)4(9)5(10)6(11)12-2/h2-6,10-11H,1H2. The molecule has 6 heteroatoms. The lowest BCUT2D eigenvalue weighted by molar-refractivity contribution is -0.206. The molecule has 0 radical (unpaired) electrons. The van der Waals surface area contributed by atoms with Crippen molar-refractivity contribution in [3.05, 3.63) is 0 Å². The highest BCUT2D eigenvalue weighted by Gasteiger charge is 2.42. The van der Waals surface area contributed by atoms with Gasteiger partial charge in [0, 0.05) is 0 Å². The van der Waals surface area contributed by atoms with Crippen LogP contribution in [0.5, 0.6) is 0 Å². The molecule has 12 heavy (non-hydrogen) atoms. The molecule has 1 heterocycles. The Labute approximate surface area is 85.2 Å². The van der Waals surface area contributed by atoms with E-state index in [0.29, 0.717) is 0 Å². The zero-order chi connectivity index (χ0) is 9.30. The first-order valence-corrected chi connectivity index (χ1v) is 4.84. The Morgan fingerprint density at radius 1 is 1.17 bits per heavy atom. The van der Waals surface area contributed by atoms with Crippen molar-refractivity contribution in [3.63, 3.8) is 0 Å². The lowest BCUT2D eigenvalue weighted by Gasteiger charge is -2.36. The van der Waals surface area contributed by atoms with E-state index in [1.165, 1.54) is 0 Å². The molecule has 1 rings (SSSR count). The summed E-state index contributed by atoms with van der Waals surface area (Å²) in [6, 6.07) is 0. The van der Waals surface area contributed by atoms with Gasteiger partial charge in [-0.2, -0.15) is 0 Å². The number of rotatable bonds is 1. The highest BCUT2D eigenvalue weighted by molar-refractivity contribution is 6.31. The van der Waals surface area contributed by atoms with Crippen molar-refractivity contribution in [2.24, 2.45) is 0 Å². The Kier molecular flexibility index (Phi) is 3.89. The molecule has 0 aromatic rings. The summed E-state index contributed by atoms with van der Waals surface area (Å²) in [5.74, 6) is 0.140. The summed E-state index contributed by atoms with van der Waals surface area (Å²) in [5, 5.41) is 17.0. The molecule has 1 aliphatic rings. The van der Waals surface area contributed by atoms with E-state index in [0.717, 1.165) is 0 Å². The van der Waals surface area contributed by atoms with Crippen LogP contribution in [0.3, 0.4) is 0 Å². The fourth-order valence-corrected chi connectivity index (χ4v) is 1.95. The van der Waals surface area contributed by atoms with Crippen molar-refractivity contribution in [3.8, 4) is 0 Å². The molecule has 0 amide bonds. The maximum atomic E-state index is 9.20. The number of hydrogen-bond acceptors (Lipinski definition) is 3. The van der Waals surface area contributed by atoms with Gasteiger partial charge in [0.25, 0.3) is 0 Å². The fourth-order valence-electron chi connectivity index (χ4n) is 1.01. The summed E-state index contributed by atoms with van der Waals surface area (Å²) >= 11 is 17.0. The minimum atomic E-state index is -1.30. The molecule has 5 unspecified atom stereocenters. The van der Waals surface area contributed by atoms with Gasteiger partial charge < -0.3 is 14.9 Å². The third-order valence-electron chi connectivity index (χ3n) is 1.74. The number of hydrogen-bond donors (Lipinski definition) is 2. The van der Waals surface area contributed by atoms with Crippen LogP contribution < -0.4 is 0 Å². The van der Waals surface area contributed by atoms with Gasteiger partial charge in [0.2, 0.25) is 0 Å². The van der Waals surface area contributed by atoms with E-state index in [2.05, 4.69) is 0 Å². The normalized spacial score (nSPS) is 49.2. The van der Waals surface area contributed by atoms with E-state index in [1.807, 2.05) is 0 Å². The predicted molar refractivity (Wildman–Crippen MR) is 46.9 cm³/mol. The number of ether oxygens (including phenoxy) is 1. The number of halogens is 3. The Hall–Kier alpha value is 0.750. The zero-order valence-corrected chi connectivity index (χ0v) is 8.30. The number of aliphatic hydroxyl groups excluding tert-OH is 2. The smallest absolute Gasteiger partial charge is 0.182 e. The van der Waals surface area contributed by atoms with Gasteiger partial charge in [-0.25, -0.2) is 0 Å². The van der Waals surface area contributed by atoms with Crippen LogP contribution in [0.1, 0.15) is 0 Å². The Morgan fingerprint density at radius 3 is 2.25 bits per heavy atom. The number of alkyl halides is 3. The second kappa shape index (κ2) is 4.31. The van der Waals surface area contributed by atoms with Crippen LogP contribution in [0.25, 0.3) is 0 Å². The molecule has 0 saturated carbocycles. The third kappa shape index (κ3) is 1.97. The molecule has 0 aromatic heterocycles. The monoisotopic (exact) mass is 234 g/mol. The lowest BCUT2D eigenvalue weighted by Crippen LogP contribution is -2.53. The molecular weight excluding hydrogens is 226 g/mol. The minimum absolute atomic E-state index is 0.140. The first kappa shape index (κ1) is 10.8. The van der Waals surface area contributed by atoms with Crippen LogP contribution in [0.2, 0.25) is 0 Å². The van der Waals surface area contributed by atoms with Gasteiger partial charge in [0.05, 0.1) is 22.7 Å². The predicted octanol–water partition coefficient (Wildman–Crippen LogP) is 0.518. The van der Waals surface area contributed by atoms with Crippen molar-refractivity contribution in [2.75, 3.05) is 5.88 Å². The summed E-state index contributed by atoms with van der Waals surface area (Å²) < 4.78 is 4.89. The quantitative estimate of drug-likeness (QED) is 0.652. The van der Waals surface area contributed by atoms with Crippen LogP contribution in [-0.2, 0) is 4.74 Å². The van der Waals surface area contributed by atoms with Gasteiger partial charge in [0.15, 0.2) is 6.29 Å². The van der Waals surface area contributed by atoms with E-state index < -0.39 is 29.3 Å². The average Bonchev–Trinajstić information content (AvgIpc) is 2.08. The first-order chi connectivity index (χ1) is 5.57. The minimum Gasteiger partial charge on any atom is -0.386 e. The van der Waals surface area contributed by atoms with Crippen LogP contribution in [0.4, 0.5) is 0 Å². The van der Waals surface area contributed by atoms with Gasteiger partial charge >= 0.3 is 0 Å². The van der Waals surface area contributed by atoms with Crippen molar-refractivity contribution in [1.82, 2.24) is 0 Å². The van der Waals surface area contributed by atoms with Crippen molar-refractivity contribution >= 4 is 34.8 Å². The molecule has 0 aromatic carbocycles. The SMILES string of the molecule is OC1OC(CCl)C(Cl)C(Cl)C1O. The second-order valence-electron chi connectivity index (χ2n) is 2.60. The maximum absolute atomic E-state index is 9.20. The third-order valence-corrected chi connectivity index (χ3v) is 3.26. The van der Waals surface area contributed by atoms with Crippen LogP contribution in [0.15, 0.2) is 0 Å². The molecule has 1 aliphatic heterocycles. The highest BCUT2D eigenvalue weighted by atomic mass is 35.5. The molecule has 3 nitrogen and oxygen atoms in total. The van der Waals surface area contributed by atoms with Gasteiger partial charge in [-0.3, -0.25) is 0 Å². The summed E-state index contributed by atoms with van der Waals surface area (Å²) in [6.45, 7) is 0. The fraction of sp³-hybridized carbons (Fsp3) is 1.00. The molecule has 0 spiro atoms. The topological polar surface area (TPSA) is 49.7 Å². The second-order valence-corrected chi connectivity index (χ2v) is 3.92. The summed E-state index contributed by atoms with van der Waals surface area (Å²) in [6.07, 6.45) is -2.98.